The number of hydrogen-bond acceptors (Lipinski definition) is 4. The topological polar surface area (TPSA) is 83.0 Å². The van der Waals surface area contributed by atoms with Crippen molar-refractivity contribution in [3.8, 4) is 6.07 Å². The third-order valence-corrected chi connectivity index (χ3v) is 2.75. The van der Waals surface area contributed by atoms with Gasteiger partial charge in [0.2, 0.25) is 0 Å². The predicted molar refractivity (Wildman–Crippen MR) is 72.5 cm³/mol. The van der Waals surface area contributed by atoms with E-state index in [1.807, 2.05) is 6.07 Å². The summed E-state index contributed by atoms with van der Waals surface area (Å²) in [6.45, 7) is 0. The summed E-state index contributed by atoms with van der Waals surface area (Å²) in [6, 6.07) is 10.4. The van der Waals surface area contributed by atoms with Crippen LogP contribution < -0.4 is 10.6 Å². The number of nitrogens with zero attached hydrogens (tertiary/aromatic N) is 3. The molecule has 19 heavy (non-hydrogen) atoms. The van der Waals surface area contributed by atoms with Gasteiger partial charge in [-0.3, -0.25) is 9.78 Å². The molecular weight excluding hydrogens is 240 g/mol. The van der Waals surface area contributed by atoms with Crippen LogP contribution in [-0.4, -0.2) is 17.9 Å². The number of pyridine rings is 1. The first kappa shape index (κ1) is 12.6. The number of carbonyl (C=O) groups excluding carboxylic acids is 1. The molecular formula is C14H12N4O. The lowest BCUT2D eigenvalue weighted by atomic mass is 10.1. The van der Waals surface area contributed by atoms with Crippen molar-refractivity contribution in [2.24, 2.45) is 0 Å². The van der Waals surface area contributed by atoms with E-state index in [4.69, 9.17) is 11.0 Å². The van der Waals surface area contributed by atoms with Crippen molar-refractivity contribution >= 4 is 17.3 Å². The molecule has 1 amide bonds. The van der Waals surface area contributed by atoms with Crippen LogP contribution >= 0.6 is 0 Å². The zero-order valence-electron chi connectivity index (χ0n) is 10.4. The fourth-order valence-electron chi connectivity index (χ4n) is 1.68. The number of nitrogens with two attached hydrogens (primary N) is 1. The van der Waals surface area contributed by atoms with E-state index >= 15 is 0 Å². The van der Waals surface area contributed by atoms with E-state index in [0.717, 1.165) is 0 Å². The van der Waals surface area contributed by atoms with Gasteiger partial charge < -0.3 is 10.6 Å². The molecule has 1 aromatic heterocycles. The van der Waals surface area contributed by atoms with Crippen molar-refractivity contribution in [3.05, 3.63) is 53.9 Å². The molecule has 0 unspecified atom stereocenters. The molecule has 0 radical (unpaired) electrons. The van der Waals surface area contributed by atoms with Gasteiger partial charge >= 0.3 is 0 Å². The molecule has 0 saturated heterocycles. The van der Waals surface area contributed by atoms with E-state index in [1.54, 1.807) is 37.4 Å². The van der Waals surface area contributed by atoms with E-state index in [9.17, 15) is 4.79 Å². The Labute approximate surface area is 110 Å². The van der Waals surface area contributed by atoms with Gasteiger partial charge in [0.15, 0.2) is 0 Å². The first-order valence-corrected chi connectivity index (χ1v) is 5.61. The zero-order valence-corrected chi connectivity index (χ0v) is 10.4. The summed E-state index contributed by atoms with van der Waals surface area (Å²) in [7, 11) is 1.64. The maximum Gasteiger partial charge on any atom is 0.260 e. The quantitative estimate of drug-likeness (QED) is 0.883. The van der Waals surface area contributed by atoms with Crippen molar-refractivity contribution in [1.29, 1.82) is 5.26 Å². The summed E-state index contributed by atoms with van der Waals surface area (Å²) < 4.78 is 0. The van der Waals surface area contributed by atoms with Gasteiger partial charge in [0, 0.05) is 18.9 Å². The molecule has 94 valence electrons. The van der Waals surface area contributed by atoms with Crippen molar-refractivity contribution < 1.29 is 4.79 Å². The zero-order chi connectivity index (χ0) is 13.8. The second-order valence-electron chi connectivity index (χ2n) is 3.99. The van der Waals surface area contributed by atoms with Crippen LogP contribution in [0.15, 0.2) is 42.7 Å². The first-order chi connectivity index (χ1) is 9.13. The highest BCUT2D eigenvalue weighted by Crippen LogP contribution is 2.19. The van der Waals surface area contributed by atoms with Crippen LogP contribution in [0.2, 0.25) is 0 Å². The van der Waals surface area contributed by atoms with Gasteiger partial charge in [0.05, 0.1) is 29.1 Å². The van der Waals surface area contributed by atoms with E-state index in [1.165, 1.54) is 17.3 Å². The highest BCUT2D eigenvalue weighted by molar-refractivity contribution is 6.08. The summed E-state index contributed by atoms with van der Waals surface area (Å²) in [5, 5.41) is 8.86. The van der Waals surface area contributed by atoms with Crippen LogP contribution in [0.3, 0.4) is 0 Å². The van der Waals surface area contributed by atoms with Crippen molar-refractivity contribution in [2.75, 3.05) is 17.7 Å². The van der Waals surface area contributed by atoms with Crippen molar-refractivity contribution in [2.45, 2.75) is 0 Å². The summed E-state index contributed by atoms with van der Waals surface area (Å²) in [4.78, 5) is 17.6. The molecule has 2 rings (SSSR count). The van der Waals surface area contributed by atoms with Crippen LogP contribution in [0.1, 0.15) is 15.9 Å². The number of rotatable bonds is 2. The highest BCUT2D eigenvalue weighted by Gasteiger charge is 2.16. The molecule has 0 bridgehead atoms. The van der Waals surface area contributed by atoms with Gasteiger partial charge in [-0.2, -0.15) is 5.26 Å². The molecule has 0 atom stereocenters. The highest BCUT2D eigenvalue weighted by atomic mass is 16.2. The summed E-state index contributed by atoms with van der Waals surface area (Å²) in [6.07, 6.45) is 2.95. The summed E-state index contributed by atoms with van der Waals surface area (Å²) in [5.41, 5.74) is 7.59. The lowest BCUT2D eigenvalue weighted by Gasteiger charge is -2.18. The third-order valence-electron chi connectivity index (χ3n) is 2.75. The minimum Gasteiger partial charge on any atom is -0.397 e. The molecule has 0 aliphatic carbocycles. The smallest absolute Gasteiger partial charge is 0.260 e. The van der Waals surface area contributed by atoms with Crippen molar-refractivity contribution in [3.63, 3.8) is 0 Å². The molecule has 0 aliphatic rings. The second-order valence-corrected chi connectivity index (χ2v) is 3.99. The molecule has 1 heterocycles. The largest absolute Gasteiger partial charge is 0.397 e. The molecule has 2 aromatic rings. The Morgan fingerprint density at radius 3 is 2.89 bits per heavy atom. The van der Waals surface area contributed by atoms with Crippen LogP contribution in [0.5, 0.6) is 0 Å². The van der Waals surface area contributed by atoms with Crippen molar-refractivity contribution in [1.82, 2.24) is 4.98 Å². The number of aromatic nitrogens is 1. The number of hydrogen-bond donors (Lipinski definition) is 1. The van der Waals surface area contributed by atoms with Gasteiger partial charge in [0.1, 0.15) is 0 Å². The van der Waals surface area contributed by atoms with E-state index in [2.05, 4.69) is 4.98 Å². The average Bonchev–Trinajstić information content (AvgIpc) is 2.46. The van der Waals surface area contributed by atoms with Gasteiger partial charge in [0.25, 0.3) is 5.91 Å². The Hall–Kier alpha value is -2.87. The lowest BCUT2D eigenvalue weighted by Crippen LogP contribution is -2.27. The van der Waals surface area contributed by atoms with Crippen LogP contribution in [0.25, 0.3) is 0 Å². The normalized spacial score (nSPS) is 9.68. The fourth-order valence-corrected chi connectivity index (χ4v) is 1.68. The van der Waals surface area contributed by atoms with Crippen LogP contribution in [0.4, 0.5) is 11.4 Å². The van der Waals surface area contributed by atoms with Gasteiger partial charge in [-0.15, -0.1) is 0 Å². The molecule has 0 aliphatic heterocycles. The summed E-state index contributed by atoms with van der Waals surface area (Å²) in [5.74, 6) is -0.241. The van der Waals surface area contributed by atoms with Gasteiger partial charge in [-0.05, 0) is 24.3 Å². The standard InChI is InChI=1S/C14H12N4O/c1-18(11-4-2-3-10(7-11)8-15)14(19)12-5-6-17-9-13(12)16/h2-7,9H,16H2,1H3. The maximum absolute atomic E-state index is 12.3. The van der Waals surface area contributed by atoms with E-state index in [-0.39, 0.29) is 5.91 Å². The van der Waals surface area contributed by atoms with Crippen LogP contribution in [0, 0.1) is 11.3 Å². The Morgan fingerprint density at radius 1 is 1.42 bits per heavy atom. The number of carbonyl (C=O) groups is 1. The molecule has 0 spiro atoms. The minimum absolute atomic E-state index is 0.241. The predicted octanol–water partition coefficient (Wildman–Crippen LogP) is 1.81. The number of nitriles is 1. The summed E-state index contributed by atoms with van der Waals surface area (Å²) >= 11 is 0. The number of benzene rings is 1. The Morgan fingerprint density at radius 2 is 2.21 bits per heavy atom. The molecule has 1 aromatic carbocycles. The monoisotopic (exact) mass is 252 g/mol. The first-order valence-electron chi connectivity index (χ1n) is 5.61. The van der Waals surface area contributed by atoms with Gasteiger partial charge in [-0.25, -0.2) is 0 Å². The number of anilines is 2. The molecule has 2 N–H and O–H groups in total. The number of amides is 1. The minimum atomic E-state index is -0.241. The number of nitrogen functional groups attached to an aromatic ring is 1. The molecule has 5 heteroatoms. The maximum atomic E-state index is 12.3. The Kier molecular flexibility index (Phi) is 3.44. The molecule has 5 nitrogen and oxygen atoms in total. The van der Waals surface area contributed by atoms with Crippen LogP contribution in [-0.2, 0) is 0 Å². The van der Waals surface area contributed by atoms with Gasteiger partial charge in [-0.1, -0.05) is 6.07 Å². The second kappa shape index (κ2) is 5.19. The molecule has 0 fully saturated rings. The SMILES string of the molecule is CN(C(=O)c1ccncc1N)c1cccc(C#N)c1. The average molecular weight is 252 g/mol. The Bertz CT molecular complexity index is 660. The van der Waals surface area contributed by atoms with E-state index < -0.39 is 0 Å². The lowest BCUT2D eigenvalue weighted by molar-refractivity contribution is 0.0994. The third kappa shape index (κ3) is 2.53. The fraction of sp³-hybridized carbons (Fsp3) is 0.0714. The molecule has 0 saturated carbocycles. The Balaban J connectivity index is 2.34. The van der Waals surface area contributed by atoms with E-state index in [0.29, 0.717) is 22.5 Å².